The summed E-state index contributed by atoms with van der Waals surface area (Å²) in [4.78, 5) is 25.2. The van der Waals surface area contributed by atoms with E-state index in [0.29, 0.717) is 17.8 Å². The smallest absolute Gasteiger partial charge is 0.337 e. The van der Waals surface area contributed by atoms with Crippen LogP contribution in [0.3, 0.4) is 0 Å². The summed E-state index contributed by atoms with van der Waals surface area (Å²) in [7, 11) is 1.44. The Balaban J connectivity index is 2.70. The maximum atomic E-state index is 12.1. The van der Waals surface area contributed by atoms with E-state index < -0.39 is 21.9 Å². The molecule has 0 saturated heterocycles. The highest BCUT2D eigenvalue weighted by molar-refractivity contribution is 7.88. The molecule has 0 aliphatic heterocycles. The molecule has 0 unspecified atom stereocenters. The molecule has 0 radical (unpaired) electrons. The van der Waals surface area contributed by atoms with Crippen LogP contribution in [-0.2, 0) is 19.6 Å². The van der Waals surface area contributed by atoms with Gasteiger partial charge in [-0.2, -0.15) is 4.31 Å². The van der Waals surface area contributed by atoms with E-state index in [1.54, 1.807) is 12.1 Å². The van der Waals surface area contributed by atoms with Crippen LogP contribution in [0, 0.1) is 0 Å². The van der Waals surface area contributed by atoms with Crippen molar-refractivity contribution in [3.8, 4) is 0 Å². The van der Waals surface area contributed by atoms with Gasteiger partial charge in [-0.15, -0.1) is 0 Å². The van der Waals surface area contributed by atoms with Crippen LogP contribution in [0.2, 0.25) is 0 Å². The Morgan fingerprint density at radius 3 is 2.17 bits per heavy atom. The number of hydrogen-bond acceptors (Lipinski definition) is 6. The Bertz CT molecular complexity index is 671. The van der Waals surface area contributed by atoms with E-state index in [9.17, 15) is 18.0 Å². The lowest BCUT2D eigenvalue weighted by molar-refractivity contribution is -0.116. The fraction of sp³-hybridized carbons (Fsp3) is 0.467. The molecule has 0 heterocycles. The predicted octanol–water partition coefficient (Wildman–Crippen LogP) is 0.235. The van der Waals surface area contributed by atoms with Crippen molar-refractivity contribution in [2.45, 2.75) is 0 Å². The Morgan fingerprint density at radius 1 is 1.12 bits per heavy atom. The molecule has 0 saturated carbocycles. The van der Waals surface area contributed by atoms with Crippen LogP contribution in [0.1, 0.15) is 10.4 Å². The van der Waals surface area contributed by atoms with Gasteiger partial charge in [-0.05, 0) is 38.4 Å². The van der Waals surface area contributed by atoms with Gasteiger partial charge in [-0.1, -0.05) is 0 Å². The zero-order chi connectivity index (χ0) is 18.3. The first-order valence-electron chi connectivity index (χ1n) is 7.21. The molecule has 134 valence electrons. The molecule has 0 spiro atoms. The minimum atomic E-state index is -3.48. The average Bonchev–Trinajstić information content (AvgIpc) is 2.50. The number of carbonyl (C=O) groups is 2. The second-order valence-electron chi connectivity index (χ2n) is 5.52. The molecular formula is C15H23N3O5S. The Hall–Kier alpha value is -1.97. The molecule has 1 aromatic carbocycles. The van der Waals surface area contributed by atoms with E-state index >= 15 is 0 Å². The topological polar surface area (TPSA) is 96.0 Å². The second-order valence-corrected chi connectivity index (χ2v) is 7.50. The summed E-state index contributed by atoms with van der Waals surface area (Å²) in [6.45, 7) is 0.458. The summed E-state index contributed by atoms with van der Waals surface area (Å²) >= 11 is 0. The number of methoxy groups -OCH3 is 1. The third-order valence-corrected chi connectivity index (χ3v) is 4.43. The number of sulfonamides is 1. The van der Waals surface area contributed by atoms with Crippen molar-refractivity contribution in [3.63, 3.8) is 0 Å². The van der Waals surface area contributed by atoms with Gasteiger partial charge in [0.2, 0.25) is 15.9 Å². The van der Waals surface area contributed by atoms with E-state index in [2.05, 4.69) is 10.1 Å². The van der Waals surface area contributed by atoms with Crippen LogP contribution in [0.25, 0.3) is 0 Å². The quantitative estimate of drug-likeness (QED) is 0.670. The summed E-state index contributed by atoms with van der Waals surface area (Å²) in [6.07, 6.45) is 1.07. The van der Waals surface area contributed by atoms with E-state index in [-0.39, 0.29) is 13.1 Å². The highest BCUT2D eigenvalue weighted by atomic mass is 32.2. The monoisotopic (exact) mass is 357 g/mol. The highest BCUT2D eigenvalue weighted by Gasteiger charge is 2.20. The average molecular weight is 357 g/mol. The fourth-order valence-electron chi connectivity index (χ4n) is 1.84. The van der Waals surface area contributed by atoms with Crippen molar-refractivity contribution in [2.24, 2.45) is 0 Å². The molecule has 1 aromatic rings. The van der Waals surface area contributed by atoms with Gasteiger partial charge in [-0.25, -0.2) is 13.2 Å². The van der Waals surface area contributed by atoms with Gasteiger partial charge in [-0.3, -0.25) is 4.79 Å². The Kier molecular flexibility index (Phi) is 7.33. The van der Waals surface area contributed by atoms with Crippen molar-refractivity contribution < 1.29 is 22.7 Å². The first kappa shape index (κ1) is 20.1. The number of nitrogens with zero attached hydrogens (tertiary/aromatic N) is 2. The van der Waals surface area contributed by atoms with Crippen molar-refractivity contribution >= 4 is 27.6 Å². The maximum absolute atomic E-state index is 12.1. The molecule has 0 bridgehead atoms. The van der Waals surface area contributed by atoms with Crippen molar-refractivity contribution in [2.75, 3.05) is 52.4 Å². The van der Waals surface area contributed by atoms with Crippen LogP contribution < -0.4 is 5.32 Å². The summed E-state index contributed by atoms with van der Waals surface area (Å²) in [6, 6.07) is 6.13. The number of anilines is 1. The molecule has 8 nitrogen and oxygen atoms in total. The fourth-order valence-corrected chi connectivity index (χ4v) is 2.61. The zero-order valence-electron chi connectivity index (χ0n) is 14.3. The summed E-state index contributed by atoms with van der Waals surface area (Å²) in [5, 5.41) is 2.61. The number of nitrogens with one attached hydrogen (secondary N) is 1. The van der Waals surface area contributed by atoms with Gasteiger partial charge in [0.15, 0.2) is 0 Å². The maximum Gasteiger partial charge on any atom is 0.337 e. The van der Waals surface area contributed by atoms with E-state index in [4.69, 9.17) is 0 Å². The normalized spacial score (nSPS) is 11.6. The van der Waals surface area contributed by atoms with Gasteiger partial charge in [0.05, 0.1) is 25.5 Å². The first-order chi connectivity index (χ1) is 11.1. The van der Waals surface area contributed by atoms with Crippen molar-refractivity contribution in [3.05, 3.63) is 29.8 Å². The molecule has 0 atom stereocenters. The summed E-state index contributed by atoms with van der Waals surface area (Å²) in [5.74, 6) is -0.926. The minimum absolute atomic E-state index is 0.223. The molecule has 0 aromatic heterocycles. The van der Waals surface area contributed by atoms with Gasteiger partial charge in [0, 0.05) is 18.8 Å². The summed E-state index contributed by atoms with van der Waals surface area (Å²) in [5.41, 5.74) is 0.827. The molecule has 9 heteroatoms. The minimum Gasteiger partial charge on any atom is -0.465 e. The predicted molar refractivity (Wildman–Crippen MR) is 91.4 cm³/mol. The summed E-state index contributed by atoms with van der Waals surface area (Å²) < 4.78 is 29.2. The molecular weight excluding hydrogens is 334 g/mol. The lowest BCUT2D eigenvalue weighted by Gasteiger charge is -2.21. The number of ether oxygens (including phenoxy) is 1. The Morgan fingerprint density at radius 2 is 1.71 bits per heavy atom. The third kappa shape index (κ3) is 6.65. The van der Waals surface area contributed by atoms with E-state index in [1.165, 1.54) is 19.2 Å². The number of amides is 1. The molecule has 24 heavy (non-hydrogen) atoms. The third-order valence-electron chi connectivity index (χ3n) is 3.18. The van der Waals surface area contributed by atoms with Gasteiger partial charge in [0.1, 0.15) is 0 Å². The van der Waals surface area contributed by atoms with Crippen LogP contribution in [0.15, 0.2) is 24.3 Å². The van der Waals surface area contributed by atoms with Crippen LogP contribution in [-0.4, -0.2) is 76.6 Å². The van der Waals surface area contributed by atoms with E-state index in [1.807, 2.05) is 19.0 Å². The molecule has 1 amide bonds. The lowest BCUT2D eigenvalue weighted by Crippen LogP contribution is -2.41. The number of esters is 1. The molecule has 1 N–H and O–H groups in total. The number of hydrogen-bond donors (Lipinski definition) is 1. The van der Waals surface area contributed by atoms with Gasteiger partial charge < -0.3 is 15.0 Å². The van der Waals surface area contributed by atoms with E-state index in [0.717, 1.165) is 10.6 Å². The zero-order valence-corrected chi connectivity index (χ0v) is 15.1. The van der Waals surface area contributed by atoms with Gasteiger partial charge in [0.25, 0.3) is 0 Å². The molecule has 0 aliphatic carbocycles. The molecule has 0 aliphatic rings. The number of benzene rings is 1. The lowest BCUT2D eigenvalue weighted by atomic mass is 10.2. The largest absolute Gasteiger partial charge is 0.465 e. The van der Waals surface area contributed by atoms with Crippen LogP contribution >= 0.6 is 0 Å². The highest BCUT2D eigenvalue weighted by Crippen LogP contribution is 2.11. The van der Waals surface area contributed by atoms with Crippen molar-refractivity contribution in [1.29, 1.82) is 0 Å². The SMILES string of the molecule is COC(=O)c1ccc(NC(=O)CN(CCN(C)C)S(C)(=O)=O)cc1. The number of carbonyl (C=O) groups excluding carboxylic acids is 2. The van der Waals surface area contributed by atoms with Gasteiger partial charge >= 0.3 is 5.97 Å². The number of rotatable bonds is 8. The molecule has 1 rings (SSSR count). The Labute approximate surface area is 142 Å². The van der Waals surface area contributed by atoms with Crippen LogP contribution in [0.4, 0.5) is 5.69 Å². The second kappa shape index (κ2) is 8.76. The standard InChI is InChI=1S/C15H23N3O5S/c1-17(2)9-10-18(24(4,21)22)11-14(19)16-13-7-5-12(6-8-13)15(20)23-3/h5-8H,9-11H2,1-4H3,(H,16,19). The first-order valence-corrected chi connectivity index (χ1v) is 9.06. The number of likely N-dealkylation sites (N-methyl/N-ethyl adjacent to an activating group) is 1. The molecule has 0 fully saturated rings. The van der Waals surface area contributed by atoms with Crippen LogP contribution in [0.5, 0.6) is 0 Å². The van der Waals surface area contributed by atoms with Crippen molar-refractivity contribution in [1.82, 2.24) is 9.21 Å².